The SMILES string of the molecule is CC(C)(C)CC(=O)Oc1cnc[nH]1. The van der Waals surface area contributed by atoms with E-state index in [0.717, 1.165) is 0 Å². The fourth-order valence-electron chi connectivity index (χ4n) is 0.891. The number of carbonyl (C=O) groups excluding carboxylic acids is 1. The average Bonchev–Trinajstić information content (AvgIpc) is 2.34. The molecule has 0 saturated heterocycles. The van der Waals surface area contributed by atoms with E-state index in [1.807, 2.05) is 20.8 Å². The molecule has 0 saturated carbocycles. The highest BCUT2D eigenvalue weighted by atomic mass is 16.5. The van der Waals surface area contributed by atoms with Gasteiger partial charge >= 0.3 is 5.97 Å². The Morgan fingerprint density at radius 3 is 2.77 bits per heavy atom. The summed E-state index contributed by atoms with van der Waals surface area (Å²) in [6.45, 7) is 5.96. The Kier molecular flexibility index (Phi) is 2.70. The van der Waals surface area contributed by atoms with E-state index in [2.05, 4.69) is 9.97 Å². The van der Waals surface area contributed by atoms with Gasteiger partial charge in [0, 0.05) is 0 Å². The van der Waals surface area contributed by atoms with E-state index < -0.39 is 0 Å². The highest BCUT2D eigenvalue weighted by molar-refractivity contribution is 5.72. The van der Waals surface area contributed by atoms with Gasteiger partial charge < -0.3 is 9.72 Å². The van der Waals surface area contributed by atoms with Crippen LogP contribution in [0.1, 0.15) is 27.2 Å². The maximum absolute atomic E-state index is 11.3. The van der Waals surface area contributed by atoms with Gasteiger partial charge in [0.25, 0.3) is 0 Å². The Bertz CT molecular complexity index is 272. The predicted molar refractivity (Wildman–Crippen MR) is 48.3 cm³/mol. The molecule has 4 heteroatoms. The number of esters is 1. The summed E-state index contributed by atoms with van der Waals surface area (Å²) in [6.07, 6.45) is 3.34. The van der Waals surface area contributed by atoms with Crippen molar-refractivity contribution < 1.29 is 9.53 Å². The number of aromatic amines is 1. The van der Waals surface area contributed by atoms with Crippen LogP contribution in [0.5, 0.6) is 5.88 Å². The topological polar surface area (TPSA) is 55.0 Å². The fourth-order valence-corrected chi connectivity index (χ4v) is 0.891. The van der Waals surface area contributed by atoms with E-state index in [4.69, 9.17) is 4.74 Å². The highest BCUT2D eigenvalue weighted by Gasteiger charge is 2.17. The number of imidazole rings is 1. The monoisotopic (exact) mass is 182 g/mol. The third kappa shape index (κ3) is 3.73. The van der Waals surface area contributed by atoms with E-state index >= 15 is 0 Å². The second kappa shape index (κ2) is 3.60. The number of nitrogens with one attached hydrogen (secondary N) is 1. The van der Waals surface area contributed by atoms with E-state index in [-0.39, 0.29) is 11.4 Å². The Morgan fingerprint density at radius 1 is 1.62 bits per heavy atom. The maximum atomic E-state index is 11.3. The molecule has 1 aromatic rings. The second-order valence-electron chi connectivity index (χ2n) is 4.13. The van der Waals surface area contributed by atoms with Gasteiger partial charge in [-0.1, -0.05) is 20.8 Å². The molecule has 1 rings (SSSR count). The van der Waals surface area contributed by atoms with Gasteiger partial charge in [0.15, 0.2) is 0 Å². The van der Waals surface area contributed by atoms with Gasteiger partial charge in [-0.2, -0.15) is 0 Å². The molecule has 1 aromatic heterocycles. The van der Waals surface area contributed by atoms with Crippen molar-refractivity contribution in [2.75, 3.05) is 0 Å². The summed E-state index contributed by atoms with van der Waals surface area (Å²) in [4.78, 5) is 17.7. The number of aromatic nitrogens is 2. The number of nitrogens with zero attached hydrogens (tertiary/aromatic N) is 1. The van der Waals surface area contributed by atoms with Crippen molar-refractivity contribution in [3.05, 3.63) is 12.5 Å². The lowest BCUT2D eigenvalue weighted by Gasteiger charge is -2.15. The molecule has 0 unspecified atom stereocenters. The molecule has 0 atom stereocenters. The summed E-state index contributed by atoms with van der Waals surface area (Å²) in [5, 5.41) is 0. The summed E-state index contributed by atoms with van der Waals surface area (Å²) >= 11 is 0. The molecule has 0 spiro atoms. The number of H-pyrrole nitrogens is 1. The van der Waals surface area contributed by atoms with Crippen molar-refractivity contribution in [1.29, 1.82) is 0 Å². The normalized spacial score (nSPS) is 11.3. The molecule has 0 radical (unpaired) electrons. The van der Waals surface area contributed by atoms with Crippen LogP contribution in [0.25, 0.3) is 0 Å². The minimum Gasteiger partial charge on any atom is -0.408 e. The minimum absolute atomic E-state index is 0.0445. The van der Waals surface area contributed by atoms with Crippen LogP contribution in [0.15, 0.2) is 12.5 Å². The molecular weight excluding hydrogens is 168 g/mol. The third-order valence-corrected chi connectivity index (χ3v) is 1.37. The van der Waals surface area contributed by atoms with Crippen LogP contribution < -0.4 is 4.74 Å². The molecule has 0 aliphatic heterocycles. The molecule has 1 N–H and O–H groups in total. The summed E-state index contributed by atoms with van der Waals surface area (Å²) in [5.74, 6) is 0.158. The lowest BCUT2D eigenvalue weighted by molar-refractivity contribution is -0.136. The minimum atomic E-state index is -0.239. The Balaban J connectivity index is 2.43. The summed E-state index contributed by atoms with van der Waals surface area (Å²) < 4.78 is 4.97. The molecule has 0 aliphatic rings. The first-order chi connectivity index (χ1) is 5.97. The molecule has 0 fully saturated rings. The van der Waals surface area contributed by atoms with Crippen molar-refractivity contribution in [3.63, 3.8) is 0 Å². The van der Waals surface area contributed by atoms with Gasteiger partial charge in [0.1, 0.15) is 0 Å². The van der Waals surface area contributed by atoms with Gasteiger partial charge in [-0.15, -0.1) is 0 Å². The van der Waals surface area contributed by atoms with Crippen molar-refractivity contribution in [3.8, 4) is 5.88 Å². The van der Waals surface area contributed by atoms with Gasteiger partial charge in [-0.3, -0.25) is 4.79 Å². The molecule has 13 heavy (non-hydrogen) atoms. The van der Waals surface area contributed by atoms with Gasteiger partial charge in [0.2, 0.25) is 5.88 Å². The van der Waals surface area contributed by atoms with Crippen LogP contribution >= 0.6 is 0 Å². The van der Waals surface area contributed by atoms with Crippen LogP contribution in [-0.4, -0.2) is 15.9 Å². The molecule has 0 bridgehead atoms. The highest BCUT2D eigenvalue weighted by Crippen LogP contribution is 2.19. The summed E-state index contributed by atoms with van der Waals surface area (Å²) in [7, 11) is 0. The lowest BCUT2D eigenvalue weighted by Crippen LogP contribution is -2.17. The molecule has 1 heterocycles. The quantitative estimate of drug-likeness (QED) is 0.709. The Morgan fingerprint density at radius 2 is 2.31 bits per heavy atom. The molecule has 0 amide bonds. The first kappa shape index (κ1) is 9.77. The van der Waals surface area contributed by atoms with Gasteiger partial charge in [-0.05, 0) is 5.41 Å². The third-order valence-electron chi connectivity index (χ3n) is 1.37. The maximum Gasteiger partial charge on any atom is 0.313 e. The van der Waals surface area contributed by atoms with Crippen LogP contribution in [0.4, 0.5) is 0 Å². The van der Waals surface area contributed by atoms with Gasteiger partial charge in [0.05, 0.1) is 18.9 Å². The molecule has 0 aromatic carbocycles. The van der Waals surface area contributed by atoms with E-state index in [0.29, 0.717) is 12.3 Å². The number of hydrogen-bond donors (Lipinski definition) is 1. The van der Waals surface area contributed by atoms with Crippen molar-refractivity contribution in [2.24, 2.45) is 5.41 Å². The number of hydrogen-bond acceptors (Lipinski definition) is 3. The Hall–Kier alpha value is -1.32. The van der Waals surface area contributed by atoms with Crippen molar-refractivity contribution >= 4 is 5.97 Å². The van der Waals surface area contributed by atoms with Gasteiger partial charge in [-0.25, -0.2) is 4.98 Å². The Labute approximate surface area is 77.3 Å². The molecule has 4 nitrogen and oxygen atoms in total. The summed E-state index contributed by atoms with van der Waals surface area (Å²) in [6, 6.07) is 0. The van der Waals surface area contributed by atoms with Crippen LogP contribution in [-0.2, 0) is 4.79 Å². The molecular formula is C9H14N2O2. The van der Waals surface area contributed by atoms with Crippen LogP contribution in [0, 0.1) is 5.41 Å². The zero-order chi connectivity index (χ0) is 9.90. The number of carbonyl (C=O) groups is 1. The lowest BCUT2D eigenvalue weighted by atomic mass is 9.93. The zero-order valence-electron chi connectivity index (χ0n) is 8.13. The smallest absolute Gasteiger partial charge is 0.313 e. The molecule has 0 aliphatic carbocycles. The van der Waals surface area contributed by atoms with E-state index in [1.165, 1.54) is 12.5 Å². The van der Waals surface area contributed by atoms with Crippen LogP contribution in [0.2, 0.25) is 0 Å². The zero-order valence-corrected chi connectivity index (χ0v) is 8.13. The average molecular weight is 182 g/mol. The van der Waals surface area contributed by atoms with Crippen molar-refractivity contribution in [1.82, 2.24) is 9.97 Å². The number of ether oxygens (including phenoxy) is 1. The first-order valence-corrected chi connectivity index (χ1v) is 4.16. The van der Waals surface area contributed by atoms with E-state index in [9.17, 15) is 4.79 Å². The number of rotatable bonds is 2. The predicted octanol–water partition coefficient (Wildman–Crippen LogP) is 1.75. The largest absolute Gasteiger partial charge is 0.408 e. The van der Waals surface area contributed by atoms with Crippen molar-refractivity contribution in [2.45, 2.75) is 27.2 Å². The standard InChI is InChI=1S/C9H14N2O2/c1-9(2,3)4-8(12)13-7-5-10-6-11-7/h5-6H,4H2,1-3H3,(H,10,11). The second-order valence-corrected chi connectivity index (χ2v) is 4.13. The first-order valence-electron chi connectivity index (χ1n) is 4.16. The van der Waals surface area contributed by atoms with Crippen LogP contribution in [0.3, 0.4) is 0 Å². The van der Waals surface area contributed by atoms with E-state index in [1.54, 1.807) is 0 Å². The fraction of sp³-hybridized carbons (Fsp3) is 0.556. The molecule has 72 valence electrons. The summed E-state index contributed by atoms with van der Waals surface area (Å²) in [5.41, 5.74) is -0.0445.